The molecule has 0 radical (unpaired) electrons. The standard InChI is InChI=1S/C16H18N4O2/c1-10(2)14-8-15(20-19-14)18-16(21)11(3)22-13-6-4-12(9-17)5-7-13/h4-8,10-11H,1-3H3,(H2,18,19,20,21)/t11-/m1/s1. The van der Waals surface area contributed by atoms with Crippen LogP contribution in [-0.4, -0.2) is 22.2 Å². The minimum Gasteiger partial charge on any atom is -0.481 e. The molecule has 2 aromatic rings. The van der Waals surface area contributed by atoms with Crippen molar-refractivity contribution in [1.29, 1.82) is 5.26 Å². The Kier molecular flexibility index (Phi) is 4.79. The van der Waals surface area contributed by atoms with E-state index in [-0.39, 0.29) is 5.91 Å². The number of hydrogen-bond acceptors (Lipinski definition) is 4. The summed E-state index contributed by atoms with van der Waals surface area (Å²) in [7, 11) is 0. The van der Waals surface area contributed by atoms with Crippen molar-refractivity contribution in [1.82, 2.24) is 10.2 Å². The summed E-state index contributed by atoms with van der Waals surface area (Å²) in [5.74, 6) is 1.03. The summed E-state index contributed by atoms with van der Waals surface area (Å²) >= 11 is 0. The van der Waals surface area contributed by atoms with Gasteiger partial charge in [0.25, 0.3) is 5.91 Å². The summed E-state index contributed by atoms with van der Waals surface area (Å²) in [6.45, 7) is 5.73. The molecule has 22 heavy (non-hydrogen) atoms. The van der Waals surface area contributed by atoms with Crippen LogP contribution in [0.25, 0.3) is 0 Å². The van der Waals surface area contributed by atoms with Gasteiger partial charge in [-0.1, -0.05) is 13.8 Å². The molecular formula is C16H18N4O2. The topological polar surface area (TPSA) is 90.8 Å². The molecule has 0 aliphatic heterocycles. The number of nitrogens with zero attached hydrogens (tertiary/aromatic N) is 2. The molecule has 0 spiro atoms. The summed E-state index contributed by atoms with van der Waals surface area (Å²) in [5.41, 5.74) is 1.50. The Labute approximate surface area is 129 Å². The first-order valence-corrected chi connectivity index (χ1v) is 7.02. The maximum Gasteiger partial charge on any atom is 0.266 e. The third-order valence-corrected chi connectivity index (χ3v) is 3.14. The van der Waals surface area contributed by atoms with Gasteiger partial charge in [-0.15, -0.1) is 0 Å². The zero-order chi connectivity index (χ0) is 16.1. The van der Waals surface area contributed by atoms with E-state index < -0.39 is 6.10 Å². The van der Waals surface area contributed by atoms with Crippen LogP contribution in [0.4, 0.5) is 5.82 Å². The minimum absolute atomic E-state index is 0.286. The second kappa shape index (κ2) is 6.76. The third kappa shape index (κ3) is 3.85. The number of aromatic nitrogens is 2. The lowest BCUT2D eigenvalue weighted by molar-refractivity contribution is -0.122. The third-order valence-electron chi connectivity index (χ3n) is 3.14. The Morgan fingerprint density at radius 3 is 2.55 bits per heavy atom. The Morgan fingerprint density at radius 1 is 1.32 bits per heavy atom. The number of nitrogens with one attached hydrogen (secondary N) is 2. The molecule has 0 aliphatic rings. The van der Waals surface area contributed by atoms with Crippen LogP contribution in [-0.2, 0) is 4.79 Å². The second-order valence-corrected chi connectivity index (χ2v) is 5.25. The van der Waals surface area contributed by atoms with Crippen LogP contribution in [0.5, 0.6) is 5.75 Å². The molecule has 6 nitrogen and oxygen atoms in total. The van der Waals surface area contributed by atoms with Gasteiger partial charge in [-0.3, -0.25) is 9.89 Å². The molecule has 1 heterocycles. The molecule has 0 saturated carbocycles. The maximum absolute atomic E-state index is 12.1. The van der Waals surface area contributed by atoms with Crippen LogP contribution in [0.15, 0.2) is 30.3 Å². The van der Waals surface area contributed by atoms with E-state index in [2.05, 4.69) is 15.5 Å². The van der Waals surface area contributed by atoms with E-state index >= 15 is 0 Å². The highest BCUT2D eigenvalue weighted by Crippen LogP contribution is 2.16. The number of carbonyl (C=O) groups is 1. The summed E-state index contributed by atoms with van der Waals surface area (Å²) < 4.78 is 5.54. The van der Waals surface area contributed by atoms with Crippen molar-refractivity contribution in [3.63, 3.8) is 0 Å². The summed E-state index contributed by atoms with van der Waals surface area (Å²) in [5, 5.41) is 18.4. The molecule has 2 rings (SSSR count). The van der Waals surface area contributed by atoms with E-state index in [1.807, 2.05) is 19.9 Å². The fourth-order valence-corrected chi connectivity index (χ4v) is 1.79. The van der Waals surface area contributed by atoms with Crippen molar-refractivity contribution in [3.05, 3.63) is 41.6 Å². The Bertz CT molecular complexity index is 683. The highest BCUT2D eigenvalue weighted by atomic mass is 16.5. The van der Waals surface area contributed by atoms with E-state index in [0.717, 1.165) is 5.69 Å². The fourth-order valence-electron chi connectivity index (χ4n) is 1.79. The minimum atomic E-state index is -0.674. The molecule has 6 heteroatoms. The van der Waals surface area contributed by atoms with Crippen LogP contribution < -0.4 is 10.1 Å². The largest absolute Gasteiger partial charge is 0.481 e. The molecule has 1 aromatic carbocycles. The van der Waals surface area contributed by atoms with Crippen LogP contribution in [0, 0.1) is 11.3 Å². The first-order chi connectivity index (χ1) is 10.5. The monoisotopic (exact) mass is 298 g/mol. The highest BCUT2D eigenvalue weighted by molar-refractivity contribution is 5.93. The van der Waals surface area contributed by atoms with Crippen LogP contribution in [0.3, 0.4) is 0 Å². The number of nitriles is 1. The number of anilines is 1. The average molecular weight is 298 g/mol. The van der Waals surface area contributed by atoms with Gasteiger partial charge in [0.2, 0.25) is 0 Å². The molecule has 0 fully saturated rings. The molecule has 1 atom stereocenters. The Balaban J connectivity index is 1.94. The summed E-state index contributed by atoms with van der Waals surface area (Å²) in [6, 6.07) is 10.4. The zero-order valence-electron chi connectivity index (χ0n) is 12.8. The van der Waals surface area contributed by atoms with E-state index in [1.54, 1.807) is 37.3 Å². The predicted molar refractivity (Wildman–Crippen MR) is 82.6 cm³/mol. The van der Waals surface area contributed by atoms with Crippen molar-refractivity contribution in [2.45, 2.75) is 32.8 Å². The summed E-state index contributed by atoms with van der Waals surface area (Å²) in [6.07, 6.45) is -0.674. The van der Waals surface area contributed by atoms with Crippen LogP contribution >= 0.6 is 0 Å². The molecule has 2 N–H and O–H groups in total. The lowest BCUT2D eigenvalue weighted by atomic mass is 10.1. The number of rotatable bonds is 5. The zero-order valence-corrected chi connectivity index (χ0v) is 12.8. The number of amides is 1. The van der Waals surface area contributed by atoms with Crippen molar-refractivity contribution in [2.24, 2.45) is 0 Å². The number of ether oxygens (including phenoxy) is 1. The Hall–Kier alpha value is -2.81. The predicted octanol–water partition coefficient (Wildman–Crippen LogP) is 2.81. The van der Waals surface area contributed by atoms with E-state index in [4.69, 9.17) is 10.00 Å². The molecule has 1 aromatic heterocycles. The summed E-state index contributed by atoms with van der Waals surface area (Å²) in [4.78, 5) is 12.1. The molecule has 0 aliphatic carbocycles. The van der Waals surface area contributed by atoms with Gasteiger partial charge in [-0.2, -0.15) is 10.4 Å². The molecular weight excluding hydrogens is 280 g/mol. The lowest BCUT2D eigenvalue weighted by Gasteiger charge is -2.13. The van der Waals surface area contributed by atoms with Crippen LogP contribution in [0.1, 0.15) is 37.9 Å². The first-order valence-electron chi connectivity index (χ1n) is 7.02. The van der Waals surface area contributed by atoms with Crippen molar-refractivity contribution < 1.29 is 9.53 Å². The van der Waals surface area contributed by atoms with E-state index in [0.29, 0.717) is 23.0 Å². The van der Waals surface area contributed by atoms with Gasteiger partial charge in [-0.05, 0) is 37.1 Å². The number of benzene rings is 1. The van der Waals surface area contributed by atoms with Gasteiger partial charge in [0.1, 0.15) is 5.75 Å². The number of H-pyrrole nitrogens is 1. The van der Waals surface area contributed by atoms with E-state index in [9.17, 15) is 4.79 Å². The average Bonchev–Trinajstić information content (AvgIpc) is 2.96. The lowest BCUT2D eigenvalue weighted by Crippen LogP contribution is -2.30. The molecule has 0 saturated heterocycles. The van der Waals surface area contributed by atoms with E-state index in [1.165, 1.54) is 0 Å². The normalized spacial score (nSPS) is 11.8. The quantitative estimate of drug-likeness (QED) is 0.888. The molecule has 0 bridgehead atoms. The van der Waals surface area contributed by atoms with Crippen molar-refractivity contribution >= 4 is 11.7 Å². The number of aromatic amines is 1. The first kappa shape index (κ1) is 15.6. The van der Waals surface area contributed by atoms with Crippen LogP contribution in [0.2, 0.25) is 0 Å². The number of hydrogen-bond donors (Lipinski definition) is 2. The molecule has 1 amide bonds. The van der Waals surface area contributed by atoms with Gasteiger partial charge < -0.3 is 10.1 Å². The SMILES string of the molecule is CC(C)c1cc(NC(=O)[C@@H](C)Oc2ccc(C#N)cc2)n[nH]1. The van der Waals surface area contributed by atoms with Gasteiger partial charge >= 0.3 is 0 Å². The van der Waals surface area contributed by atoms with Gasteiger partial charge in [0.15, 0.2) is 11.9 Å². The van der Waals surface area contributed by atoms with Gasteiger partial charge in [0, 0.05) is 11.8 Å². The van der Waals surface area contributed by atoms with Gasteiger partial charge in [-0.25, -0.2) is 0 Å². The van der Waals surface area contributed by atoms with Crippen molar-refractivity contribution in [3.8, 4) is 11.8 Å². The molecule has 0 unspecified atom stereocenters. The smallest absolute Gasteiger partial charge is 0.266 e. The Morgan fingerprint density at radius 2 is 2.00 bits per heavy atom. The maximum atomic E-state index is 12.1. The van der Waals surface area contributed by atoms with Crippen molar-refractivity contribution in [2.75, 3.05) is 5.32 Å². The van der Waals surface area contributed by atoms with Gasteiger partial charge in [0.05, 0.1) is 11.6 Å². The fraction of sp³-hybridized carbons (Fsp3) is 0.312. The highest BCUT2D eigenvalue weighted by Gasteiger charge is 2.16. The molecule has 114 valence electrons. The number of carbonyl (C=O) groups excluding carboxylic acids is 1. The second-order valence-electron chi connectivity index (χ2n) is 5.25.